The van der Waals surface area contributed by atoms with Crippen molar-refractivity contribution in [2.24, 2.45) is 0 Å². The van der Waals surface area contributed by atoms with Crippen molar-refractivity contribution in [3.8, 4) is 5.75 Å². The summed E-state index contributed by atoms with van der Waals surface area (Å²) in [6.45, 7) is 9.39. The number of aryl methyl sites for hydroxylation is 1. The minimum Gasteiger partial charge on any atom is -0.484 e. The third-order valence-corrected chi connectivity index (χ3v) is 4.28. The van der Waals surface area contributed by atoms with E-state index in [0.717, 1.165) is 11.1 Å². The van der Waals surface area contributed by atoms with E-state index in [4.69, 9.17) is 4.74 Å². The molecule has 0 radical (unpaired) electrons. The normalized spacial score (nSPS) is 12.2. The Balaban J connectivity index is 2.16. The fraction of sp³-hybridized carbons (Fsp3) is 0.391. The number of halogens is 1. The van der Waals surface area contributed by atoms with Gasteiger partial charge >= 0.3 is 0 Å². The summed E-state index contributed by atoms with van der Waals surface area (Å²) in [5.41, 5.74) is 1.59. The number of nitrogens with zero attached hydrogens (tertiary/aromatic N) is 1. The Hall–Kier alpha value is -2.89. The molecule has 2 amide bonds. The van der Waals surface area contributed by atoms with Crippen molar-refractivity contribution < 1.29 is 18.7 Å². The van der Waals surface area contributed by atoms with Crippen molar-refractivity contribution in [1.29, 1.82) is 0 Å². The molecule has 1 atom stereocenters. The monoisotopic (exact) mass is 400 g/mol. The van der Waals surface area contributed by atoms with Gasteiger partial charge in [-0.25, -0.2) is 4.39 Å². The molecule has 0 aliphatic heterocycles. The lowest BCUT2D eigenvalue weighted by atomic mass is 10.1. The van der Waals surface area contributed by atoms with Gasteiger partial charge in [0, 0.05) is 12.1 Å². The first-order valence-corrected chi connectivity index (χ1v) is 9.60. The van der Waals surface area contributed by atoms with Crippen LogP contribution < -0.4 is 10.1 Å². The van der Waals surface area contributed by atoms with Crippen molar-refractivity contribution in [2.45, 2.75) is 52.7 Å². The number of rotatable bonds is 7. The number of ether oxygens (including phenoxy) is 1. The molecule has 29 heavy (non-hydrogen) atoms. The lowest BCUT2D eigenvalue weighted by Gasteiger charge is -2.31. The van der Waals surface area contributed by atoms with Gasteiger partial charge in [-0.1, -0.05) is 29.8 Å². The zero-order valence-electron chi connectivity index (χ0n) is 17.7. The summed E-state index contributed by atoms with van der Waals surface area (Å²) in [4.78, 5) is 27.1. The number of amides is 2. The molecule has 2 aromatic rings. The summed E-state index contributed by atoms with van der Waals surface area (Å²) in [5, 5.41) is 2.92. The second kappa shape index (κ2) is 9.54. The number of nitrogens with one attached hydrogen (secondary N) is 1. The highest BCUT2D eigenvalue weighted by Crippen LogP contribution is 2.15. The first-order chi connectivity index (χ1) is 13.5. The van der Waals surface area contributed by atoms with Crippen molar-refractivity contribution in [1.82, 2.24) is 10.2 Å². The zero-order valence-corrected chi connectivity index (χ0v) is 17.7. The topological polar surface area (TPSA) is 58.6 Å². The van der Waals surface area contributed by atoms with E-state index < -0.39 is 11.6 Å². The van der Waals surface area contributed by atoms with Gasteiger partial charge in [0.2, 0.25) is 5.91 Å². The fourth-order valence-corrected chi connectivity index (χ4v) is 2.82. The molecule has 2 rings (SSSR count). The van der Waals surface area contributed by atoms with Crippen LogP contribution in [0.25, 0.3) is 0 Å². The summed E-state index contributed by atoms with van der Waals surface area (Å²) in [5.74, 6) is -0.549. The fourth-order valence-electron chi connectivity index (χ4n) is 2.82. The molecule has 5 nitrogen and oxygen atoms in total. The number of hydrogen-bond acceptors (Lipinski definition) is 3. The number of benzene rings is 2. The van der Waals surface area contributed by atoms with Gasteiger partial charge in [0.25, 0.3) is 5.91 Å². The van der Waals surface area contributed by atoms with Gasteiger partial charge in [0.15, 0.2) is 6.61 Å². The quantitative estimate of drug-likeness (QED) is 0.768. The standard InChI is InChI=1S/C23H29FN2O3/c1-16-7-6-8-18(13-16)14-26(17(2)22(28)25-23(3,4)5)21(27)15-29-20-11-9-19(24)10-12-20/h6-13,17H,14-15H2,1-5H3,(H,25,28)/t17-/m1/s1. The van der Waals surface area contributed by atoms with Crippen molar-refractivity contribution in [2.75, 3.05) is 6.61 Å². The highest BCUT2D eigenvalue weighted by molar-refractivity contribution is 5.88. The Morgan fingerprint density at radius 2 is 1.79 bits per heavy atom. The Bertz CT molecular complexity index is 844. The largest absolute Gasteiger partial charge is 0.484 e. The molecule has 0 aliphatic carbocycles. The van der Waals surface area contributed by atoms with Crippen molar-refractivity contribution >= 4 is 11.8 Å². The zero-order chi connectivity index (χ0) is 21.6. The second-order valence-corrected chi connectivity index (χ2v) is 8.17. The van der Waals surface area contributed by atoms with Gasteiger partial charge in [-0.3, -0.25) is 9.59 Å². The van der Waals surface area contributed by atoms with E-state index in [9.17, 15) is 14.0 Å². The Morgan fingerprint density at radius 1 is 1.14 bits per heavy atom. The maximum atomic E-state index is 13.0. The average Bonchev–Trinajstić information content (AvgIpc) is 2.63. The molecule has 1 N–H and O–H groups in total. The molecular formula is C23H29FN2O3. The highest BCUT2D eigenvalue weighted by atomic mass is 19.1. The van der Waals surface area contributed by atoms with E-state index in [1.54, 1.807) is 6.92 Å². The maximum Gasteiger partial charge on any atom is 0.261 e. The number of hydrogen-bond donors (Lipinski definition) is 1. The van der Waals surface area contributed by atoms with E-state index in [0.29, 0.717) is 5.75 Å². The molecule has 156 valence electrons. The molecule has 0 bridgehead atoms. The van der Waals surface area contributed by atoms with Crippen LogP contribution >= 0.6 is 0 Å². The van der Waals surface area contributed by atoms with Gasteiger partial charge in [-0.05, 0) is 64.4 Å². The lowest BCUT2D eigenvalue weighted by molar-refractivity contribution is -0.142. The van der Waals surface area contributed by atoms with Crippen LogP contribution in [0.3, 0.4) is 0 Å². The molecule has 6 heteroatoms. The third kappa shape index (κ3) is 7.22. The second-order valence-electron chi connectivity index (χ2n) is 8.17. The first-order valence-electron chi connectivity index (χ1n) is 9.60. The predicted octanol–water partition coefficient (Wildman–Crippen LogP) is 3.84. The summed E-state index contributed by atoms with van der Waals surface area (Å²) < 4.78 is 18.5. The molecular weight excluding hydrogens is 371 g/mol. The van der Waals surface area contributed by atoms with Gasteiger partial charge in [-0.2, -0.15) is 0 Å². The van der Waals surface area contributed by atoms with Crippen molar-refractivity contribution in [3.63, 3.8) is 0 Å². The van der Waals surface area contributed by atoms with E-state index in [1.165, 1.54) is 29.2 Å². The minimum atomic E-state index is -0.681. The van der Waals surface area contributed by atoms with Gasteiger partial charge in [0.05, 0.1) is 0 Å². The Kier molecular flexibility index (Phi) is 7.37. The van der Waals surface area contributed by atoms with Gasteiger partial charge < -0.3 is 15.0 Å². The number of carbonyl (C=O) groups is 2. The summed E-state index contributed by atoms with van der Waals surface area (Å²) in [7, 11) is 0. The Labute approximate surface area is 171 Å². The third-order valence-electron chi connectivity index (χ3n) is 4.28. The van der Waals surface area contributed by atoms with E-state index in [1.807, 2.05) is 52.0 Å². The van der Waals surface area contributed by atoms with Crippen LogP contribution in [-0.4, -0.2) is 34.9 Å². The van der Waals surface area contributed by atoms with Crippen LogP contribution in [0.5, 0.6) is 5.75 Å². The molecule has 0 unspecified atom stereocenters. The smallest absolute Gasteiger partial charge is 0.261 e. The summed E-state index contributed by atoms with van der Waals surface area (Å²) >= 11 is 0. The van der Waals surface area contributed by atoms with Crippen LogP contribution in [0, 0.1) is 12.7 Å². The van der Waals surface area contributed by atoms with Crippen LogP contribution in [0.2, 0.25) is 0 Å². The molecule has 2 aromatic carbocycles. The predicted molar refractivity (Wildman–Crippen MR) is 111 cm³/mol. The molecule has 0 aromatic heterocycles. The highest BCUT2D eigenvalue weighted by Gasteiger charge is 2.28. The van der Waals surface area contributed by atoms with Crippen LogP contribution in [0.15, 0.2) is 48.5 Å². The van der Waals surface area contributed by atoms with Crippen molar-refractivity contribution in [3.05, 3.63) is 65.5 Å². The molecule has 0 fully saturated rings. The van der Waals surface area contributed by atoms with E-state index in [-0.39, 0.29) is 30.8 Å². The molecule has 0 spiro atoms. The summed E-state index contributed by atoms with van der Waals surface area (Å²) in [6.07, 6.45) is 0. The maximum absolute atomic E-state index is 13.0. The average molecular weight is 400 g/mol. The van der Waals surface area contributed by atoms with E-state index in [2.05, 4.69) is 5.32 Å². The first kappa shape index (κ1) is 22.4. The molecule has 0 saturated carbocycles. The lowest BCUT2D eigenvalue weighted by Crippen LogP contribution is -2.53. The SMILES string of the molecule is Cc1cccc(CN(C(=O)COc2ccc(F)cc2)[C@H](C)C(=O)NC(C)(C)C)c1. The van der Waals surface area contributed by atoms with Crippen LogP contribution in [0.1, 0.15) is 38.8 Å². The van der Waals surface area contributed by atoms with E-state index >= 15 is 0 Å². The van der Waals surface area contributed by atoms with Gasteiger partial charge in [-0.15, -0.1) is 0 Å². The summed E-state index contributed by atoms with van der Waals surface area (Å²) in [6, 6.07) is 12.6. The molecule has 0 aliphatic rings. The minimum absolute atomic E-state index is 0.236. The Morgan fingerprint density at radius 3 is 2.38 bits per heavy atom. The molecule has 0 saturated heterocycles. The number of carbonyl (C=O) groups excluding carboxylic acids is 2. The van der Waals surface area contributed by atoms with Crippen LogP contribution in [0.4, 0.5) is 4.39 Å². The molecule has 0 heterocycles. The van der Waals surface area contributed by atoms with Crippen LogP contribution in [-0.2, 0) is 16.1 Å². The van der Waals surface area contributed by atoms with Gasteiger partial charge in [0.1, 0.15) is 17.6 Å².